The van der Waals surface area contributed by atoms with Crippen molar-refractivity contribution in [3.05, 3.63) is 78.4 Å². The molecule has 122 valence electrons. The summed E-state index contributed by atoms with van der Waals surface area (Å²) in [6.45, 7) is 0.446. The molecule has 3 N–H and O–H groups in total. The molecule has 3 rings (SSSR count). The van der Waals surface area contributed by atoms with Crippen molar-refractivity contribution in [1.29, 1.82) is 0 Å². The van der Waals surface area contributed by atoms with Crippen LogP contribution in [0.3, 0.4) is 0 Å². The third kappa shape index (κ3) is 4.37. The second kappa shape index (κ2) is 7.99. The molecule has 0 aliphatic carbocycles. The number of rotatable bonds is 6. The smallest absolute Gasteiger partial charge is 0.230 e. The van der Waals surface area contributed by atoms with Gasteiger partial charge < -0.3 is 11.1 Å². The number of benzene rings is 3. The predicted octanol–water partition coefficient (Wildman–Crippen LogP) is 3.75. The van der Waals surface area contributed by atoms with Gasteiger partial charge in [-0.2, -0.15) is 0 Å². The van der Waals surface area contributed by atoms with Gasteiger partial charge in [-0.15, -0.1) is 11.8 Å². The molecule has 0 saturated heterocycles. The zero-order chi connectivity index (χ0) is 16.8. The Hall–Kier alpha value is -2.30. The molecule has 3 aromatic rings. The molecule has 0 heterocycles. The summed E-state index contributed by atoms with van der Waals surface area (Å²) in [6.07, 6.45) is 0. The van der Waals surface area contributed by atoms with E-state index in [2.05, 4.69) is 35.6 Å². The van der Waals surface area contributed by atoms with Crippen LogP contribution in [0, 0.1) is 0 Å². The van der Waals surface area contributed by atoms with Gasteiger partial charge in [-0.1, -0.05) is 60.7 Å². The SMILES string of the molecule is N[C@@H](CNC(=O)CSc1ccc2ccccc2c1)c1ccccc1. The minimum atomic E-state index is -0.180. The Morgan fingerprint density at radius 2 is 1.67 bits per heavy atom. The second-order valence-corrected chi connectivity index (χ2v) is 6.67. The van der Waals surface area contributed by atoms with E-state index in [0.29, 0.717) is 12.3 Å². The Bertz CT molecular complexity index is 820. The molecule has 1 amide bonds. The number of nitrogens with two attached hydrogens (primary N) is 1. The van der Waals surface area contributed by atoms with Gasteiger partial charge in [-0.25, -0.2) is 0 Å². The molecule has 0 aliphatic heterocycles. The Balaban J connectivity index is 1.49. The van der Waals surface area contributed by atoms with Gasteiger partial charge in [0.1, 0.15) is 0 Å². The summed E-state index contributed by atoms with van der Waals surface area (Å²) in [5.41, 5.74) is 7.12. The van der Waals surface area contributed by atoms with Gasteiger partial charge in [0.2, 0.25) is 5.91 Å². The van der Waals surface area contributed by atoms with Crippen molar-refractivity contribution in [2.24, 2.45) is 5.73 Å². The fourth-order valence-electron chi connectivity index (χ4n) is 2.50. The van der Waals surface area contributed by atoms with Crippen LogP contribution in [0.1, 0.15) is 11.6 Å². The van der Waals surface area contributed by atoms with Crippen LogP contribution in [0.2, 0.25) is 0 Å². The zero-order valence-corrected chi connectivity index (χ0v) is 14.1. The minimum Gasteiger partial charge on any atom is -0.353 e. The van der Waals surface area contributed by atoms with E-state index in [1.54, 1.807) is 0 Å². The summed E-state index contributed by atoms with van der Waals surface area (Å²) in [7, 11) is 0. The molecule has 0 spiro atoms. The van der Waals surface area contributed by atoms with Crippen molar-refractivity contribution in [2.75, 3.05) is 12.3 Å². The topological polar surface area (TPSA) is 55.1 Å². The highest BCUT2D eigenvalue weighted by Gasteiger charge is 2.08. The van der Waals surface area contributed by atoms with Crippen LogP contribution in [0.25, 0.3) is 10.8 Å². The standard InChI is InChI=1S/C20H20N2OS/c21-19(16-7-2-1-3-8-16)13-22-20(23)14-24-18-11-10-15-6-4-5-9-17(15)12-18/h1-12,19H,13-14,21H2,(H,22,23)/t19-/m0/s1. The van der Waals surface area contributed by atoms with Gasteiger partial charge in [-0.05, 0) is 28.5 Å². The van der Waals surface area contributed by atoms with E-state index in [0.717, 1.165) is 10.5 Å². The van der Waals surface area contributed by atoms with Crippen LogP contribution in [-0.4, -0.2) is 18.2 Å². The van der Waals surface area contributed by atoms with Crippen LogP contribution in [0.15, 0.2) is 77.7 Å². The van der Waals surface area contributed by atoms with Crippen LogP contribution < -0.4 is 11.1 Å². The largest absolute Gasteiger partial charge is 0.353 e. The number of nitrogens with one attached hydrogen (secondary N) is 1. The Morgan fingerprint density at radius 3 is 2.46 bits per heavy atom. The van der Waals surface area contributed by atoms with Gasteiger partial charge >= 0.3 is 0 Å². The molecule has 0 aromatic heterocycles. The Kier molecular flexibility index (Phi) is 5.51. The van der Waals surface area contributed by atoms with E-state index < -0.39 is 0 Å². The zero-order valence-electron chi connectivity index (χ0n) is 13.3. The van der Waals surface area contributed by atoms with Gasteiger partial charge in [0, 0.05) is 17.5 Å². The first kappa shape index (κ1) is 16.6. The number of carbonyl (C=O) groups is 1. The highest BCUT2D eigenvalue weighted by molar-refractivity contribution is 8.00. The maximum Gasteiger partial charge on any atom is 0.230 e. The van der Waals surface area contributed by atoms with Crippen molar-refractivity contribution in [1.82, 2.24) is 5.32 Å². The molecule has 24 heavy (non-hydrogen) atoms. The average Bonchev–Trinajstić information content (AvgIpc) is 2.65. The molecule has 0 unspecified atom stereocenters. The van der Waals surface area contributed by atoms with Gasteiger partial charge in [0.05, 0.1) is 5.75 Å². The van der Waals surface area contributed by atoms with Crippen LogP contribution in [-0.2, 0) is 4.79 Å². The van der Waals surface area contributed by atoms with E-state index in [9.17, 15) is 4.79 Å². The number of amides is 1. The molecule has 0 bridgehead atoms. The van der Waals surface area contributed by atoms with Crippen molar-refractivity contribution < 1.29 is 4.79 Å². The number of fused-ring (bicyclic) bond motifs is 1. The summed E-state index contributed by atoms with van der Waals surface area (Å²) in [5, 5.41) is 5.30. The molecular weight excluding hydrogens is 316 g/mol. The summed E-state index contributed by atoms with van der Waals surface area (Å²) < 4.78 is 0. The fraction of sp³-hybridized carbons (Fsp3) is 0.150. The monoisotopic (exact) mass is 336 g/mol. The number of thioether (sulfide) groups is 1. The highest BCUT2D eigenvalue weighted by atomic mass is 32.2. The van der Waals surface area contributed by atoms with Crippen molar-refractivity contribution >= 4 is 28.4 Å². The van der Waals surface area contributed by atoms with Crippen molar-refractivity contribution in [3.8, 4) is 0 Å². The number of hydrogen-bond donors (Lipinski definition) is 2. The van der Waals surface area contributed by atoms with E-state index in [1.807, 2.05) is 42.5 Å². The van der Waals surface area contributed by atoms with Crippen LogP contribution in [0.5, 0.6) is 0 Å². The molecule has 0 saturated carbocycles. The Morgan fingerprint density at radius 1 is 0.958 bits per heavy atom. The molecule has 0 aliphatic rings. The molecule has 3 aromatic carbocycles. The highest BCUT2D eigenvalue weighted by Crippen LogP contribution is 2.23. The molecule has 0 radical (unpaired) electrons. The lowest BCUT2D eigenvalue weighted by molar-refractivity contribution is -0.118. The van der Waals surface area contributed by atoms with Gasteiger partial charge in [0.25, 0.3) is 0 Å². The Labute approximate surface area is 146 Å². The number of hydrogen-bond acceptors (Lipinski definition) is 3. The number of carbonyl (C=O) groups excluding carboxylic acids is 1. The van der Waals surface area contributed by atoms with E-state index in [4.69, 9.17) is 5.73 Å². The summed E-state index contributed by atoms with van der Waals surface area (Å²) in [6, 6.07) is 24.1. The third-order valence-electron chi connectivity index (χ3n) is 3.84. The van der Waals surface area contributed by atoms with E-state index in [-0.39, 0.29) is 11.9 Å². The van der Waals surface area contributed by atoms with Crippen LogP contribution in [0.4, 0.5) is 0 Å². The molecule has 0 fully saturated rings. The maximum atomic E-state index is 12.0. The molecule has 1 atom stereocenters. The summed E-state index contributed by atoms with van der Waals surface area (Å²) in [4.78, 5) is 13.1. The second-order valence-electron chi connectivity index (χ2n) is 5.62. The maximum absolute atomic E-state index is 12.0. The lowest BCUT2D eigenvalue weighted by Crippen LogP contribution is -2.32. The third-order valence-corrected chi connectivity index (χ3v) is 4.83. The first-order valence-corrected chi connectivity index (χ1v) is 8.90. The average molecular weight is 336 g/mol. The first-order valence-electron chi connectivity index (χ1n) is 7.91. The van der Waals surface area contributed by atoms with Gasteiger partial charge in [0.15, 0.2) is 0 Å². The van der Waals surface area contributed by atoms with Gasteiger partial charge in [-0.3, -0.25) is 4.79 Å². The lowest BCUT2D eigenvalue weighted by atomic mass is 10.1. The van der Waals surface area contributed by atoms with E-state index in [1.165, 1.54) is 22.5 Å². The van der Waals surface area contributed by atoms with Crippen molar-refractivity contribution in [3.63, 3.8) is 0 Å². The quantitative estimate of drug-likeness (QED) is 0.674. The lowest BCUT2D eigenvalue weighted by Gasteiger charge is -2.13. The summed E-state index contributed by atoms with van der Waals surface area (Å²) >= 11 is 1.54. The van der Waals surface area contributed by atoms with E-state index >= 15 is 0 Å². The molecular formula is C20H20N2OS. The predicted molar refractivity (Wildman–Crippen MR) is 101 cm³/mol. The van der Waals surface area contributed by atoms with Crippen molar-refractivity contribution in [2.45, 2.75) is 10.9 Å². The fourth-order valence-corrected chi connectivity index (χ4v) is 3.27. The normalized spacial score (nSPS) is 12.0. The minimum absolute atomic E-state index is 0.000426. The summed E-state index contributed by atoms with van der Waals surface area (Å²) in [5.74, 6) is 0.388. The van der Waals surface area contributed by atoms with Crippen LogP contribution >= 0.6 is 11.8 Å². The first-order chi connectivity index (χ1) is 11.7. The molecule has 3 nitrogen and oxygen atoms in total. The molecule has 4 heteroatoms.